The summed E-state index contributed by atoms with van der Waals surface area (Å²) in [5.74, 6) is -0.362. The number of hydrogen-bond donors (Lipinski definition) is 3. The van der Waals surface area contributed by atoms with Gasteiger partial charge in [-0.05, 0) is 30.0 Å². The Kier molecular flexibility index (Phi) is 5.35. The van der Waals surface area contributed by atoms with Crippen molar-refractivity contribution < 1.29 is 28.2 Å². The summed E-state index contributed by atoms with van der Waals surface area (Å²) in [6.45, 7) is 4.32. The van der Waals surface area contributed by atoms with Crippen molar-refractivity contribution in [2.24, 2.45) is 5.92 Å². The first kappa shape index (κ1) is 22.1. The van der Waals surface area contributed by atoms with Crippen LogP contribution in [0.5, 0.6) is 5.88 Å². The van der Waals surface area contributed by atoms with Crippen molar-refractivity contribution in [2.75, 3.05) is 35.7 Å². The Hall–Kier alpha value is -3.73. The minimum atomic E-state index is -1.52. The van der Waals surface area contributed by atoms with E-state index in [2.05, 4.69) is 15.3 Å². The fraction of sp³-hybridized carbons (Fsp3) is 0.348. The zero-order chi connectivity index (χ0) is 24.1. The third-order valence-corrected chi connectivity index (χ3v) is 6.37. The maximum absolute atomic E-state index is 15.4. The van der Waals surface area contributed by atoms with E-state index in [9.17, 15) is 14.3 Å². The lowest BCUT2D eigenvalue weighted by molar-refractivity contribution is 0.0688. The molecule has 4 N–H and O–H groups in total. The highest BCUT2D eigenvalue weighted by atomic mass is 19.1. The Morgan fingerprint density at radius 2 is 2.06 bits per heavy atom. The van der Waals surface area contributed by atoms with E-state index < -0.39 is 24.3 Å². The molecule has 0 aliphatic carbocycles. The summed E-state index contributed by atoms with van der Waals surface area (Å²) in [6.07, 6.45) is 0.101. The predicted molar refractivity (Wildman–Crippen MR) is 122 cm³/mol. The second-order valence-electron chi connectivity index (χ2n) is 8.54. The molecule has 1 fully saturated rings. The topological polar surface area (TPSA) is 123 Å². The van der Waals surface area contributed by atoms with Gasteiger partial charge in [0.1, 0.15) is 11.5 Å². The summed E-state index contributed by atoms with van der Waals surface area (Å²) in [4.78, 5) is 21.7. The number of ether oxygens (including phenoxy) is 2. The van der Waals surface area contributed by atoms with E-state index in [4.69, 9.17) is 15.2 Å². The van der Waals surface area contributed by atoms with E-state index in [0.717, 1.165) is 0 Å². The number of nitrogens with two attached hydrogens (primary N) is 1. The maximum atomic E-state index is 15.4. The van der Waals surface area contributed by atoms with E-state index in [1.807, 2.05) is 6.92 Å². The summed E-state index contributed by atoms with van der Waals surface area (Å²) in [6, 6.07) is 2.76. The first-order chi connectivity index (χ1) is 16.3. The van der Waals surface area contributed by atoms with Crippen LogP contribution >= 0.6 is 0 Å². The van der Waals surface area contributed by atoms with Crippen LogP contribution in [-0.2, 0) is 4.74 Å². The van der Waals surface area contributed by atoms with Gasteiger partial charge in [-0.2, -0.15) is 4.39 Å². The summed E-state index contributed by atoms with van der Waals surface area (Å²) in [7, 11) is 0. The smallest absolute Gasteiger partial charge is 0.413 e. The highest BCUT2D eigenvalue weighted by Gasteiger charge is 2.35. The number of rotatable bonds is 3. The minimum absolute atomic E-state index is 0.00898. The molecule has 5 rings (SSSR count). The van der Waals surface area contributed by atoms with Crippen LogP contribution in [0, 0.1) is 18.7 Å². The van der Waals surface area contributed by atoms with Crippen LogP contribution in [-0.4, -0.2) is 53.3 Å². The number of halogens is 2. The Morgan fingerprint density at radius 1 is 1.26 bits per heavy atom. The molecular formula is C23H23F2N5O4. The molecule has 1 aromatic carbocycles. The van der Waals surface area contributed by atoms with Crippen LogP contribution in [0.1, 0.15) is 12.5 Å². The Labute approximate surface area is 193 Å². The molecule has 0 unspecified atom stereocenters. The number of hydrogen-bond acceptors (Lipinski definition) is 7. The summed E-state index contributed by atoms with van der Waals surface area (Å²) in [5, 5.41) is 13.7. The predicted octanol–water partition coefficient (Wildman–Crippen LogP) is 3.95. The van der Waals surface area contributed by atoms with Gasteiger partial charge >= 0.3 is 6.09 Å². The lowest BCUT2D eigenvalue weighted by Crippen LogP contribution is -2.43. The number of nitrogens with zero attached hydrogens (tertiary/aromatic N) is 3. The van der Waals surface area contributed by atoms with Crippen LogP contribution < -0.4 is 20.7 Å². The molecule has 9 nitrogen and oxygen atoms in total. The number of aromatic nitrogens is 2. The Morgan fingerprint density at radius 3 is 2.76 bits per heavy atom. The molecule has 2 aromatic heterocycles. The average molecular weight is 471 g/mol. The number of anilines is 3. The molecule has 0 radical (unpaired) electrons. The highest BCUT2D eigenvalue weighted by Crippen LogP contribution is 2.40. The van der Waals surface area contributed by atoms with E-state index in [-0.39, 0.29) is 42.0 Å². The number of carbonyl (C=O) groups is 1. The lowest BCUT2D eigenvalue weighted by atomic mass is 9.97. The van der Waals surface area contributed by atoms with Crippen LogP contribution in [0.25, 0.3) is 21.9 Å². The second-order valence-corrected chi connectivity index (χ2v) is 8.54. The van der Waals surface area contributed by atoms with Crippen molar-refractivity contribution in [2.45, 2.75) is 26.2 Å². The maximum Gasteiger partial charge on any atom is 0.413 e. The normalized spacial score (nSPS) is 21.6. The Balaban J connectivity index is 1.63. The third-order valence-electron chi connectivity index (χ3n) is 6.37. The van der Waals surface area contributed by atoms with Crippen LogP contribution in [0.4, 0.5) is 30.8 Å². The zero-order valence-electron chi connectivity index (χ0n) is 18.5. The van der Waals surface area contributed by atoms with E-state index in [1.165, 1.54) is 17.3 Å². The molecule has 4 heterocycles. The van der Waals surface area contributed by atoms with Crippen molar-refractivity contribution in [3.8, 4) is 17.0 Å². The number of nitrogens with one attached hydrogen (secondary N) is 1. The average Bonchev–Trinajstić information content (AvgIpc) is 3.21. The monoisotopic (exact) mass is 471 g/mol. The van der Waals surface area contributed by atoms with Gasteiger partial charge in [0.2, 0.25) is 5.88 Å². The van der Waals surface area contributed by atoms with Crippen LogP contribution in [0.3, 0.4) is 0 Å². The number of alkyl halides is 1. The fourth-order valence-electron chi connectivity index (χ4n) is 4.50. The summed E-state index contributed by atoms with van der Waals surface area (Å²) in [5.41, 5.74) is 7.73. The largest absolute Gasteiger partial charge is 0.465 e. The standard InChI is InChI=1S/C23H23F2N5O4/c1-10-8-33-9-16(10)30(23(31)32)18-4-12-3-13(19(25)20(26)15(12)6-27-18)14-5-29-22-21(11(14)2)28-7-17(24)34-22/h3-6,10,16-17,28H,7-9,26H2,1-2H3,(H,31,32)/t10-,16-,17+/m1/s1. The van der Waals surface area contributed by atoms with Gasteiger partial charge in [0.25, 0.3) is 6.36 Å². The number of benzene rings is 1. The van der Waals surface area contributed by atoms with Gasteiger partial charge in [-0.25, -0.2) is 19.2 Å². The first-order valence-corrected chi connectivity index (χ1v) is 10.8. The van der Waals surface area contributed by atoms with Crippen molar-refractivity contribution in [3.63, 3.8) is 0 Å². The molecule has 0 spiro atoms. The van der Waals surface area contributed by atoms with Crippen molar-refractivity contribution in [1.29, 1.82) is 0 Å². The molecule has 2 aliphatic heterocycles. The van der Waals surface area contributed by atoms with Gasteiger partial charge in [-0.1, -0.05) is 6.92 Å². The van der Waals surface area contributed by atoms with Gasteiger partial charge < -0.3 is 25.6 Å². The first-order valence-electron chi connectivity index (χ1n) is 10.8. The lowest BCUT2D eigenvalue weighted by Gasteiger charge is -2.27. The molecule has 11 heteroatoms. The molecule has 178 valence electrons. The minimum Gasteiger partial charge on any atom is -0.465 e. The molecule has 2 aliphatic rings. The molecule has 3 aromatic rings. The van der Waals surface area contributed by atoms with E-state index in [0.29, 0.717) is 34.2 Å². The SMILES string of the molecule is Cc1c(-c2cc3cc(N(C(=O)O)[C@@H]4COC[C@H]4C)ncc3c(N)c2F)cnc2c1NC[C@@H](F)O2. The van der Waals surface area contributed by atoms with Crippen molar-refractivity contribution in [1.82, 2.24) is 9.97 Å². The molecule has 34 heavy (non-hydrogen) atoms. The number of fused-ring (bicyclic) bond motifs is 2. The van der Waals surface area contributed by atoms with Gasteiger partial charge in [0.05, 0.1) is 31.5 Å². The fourth-order valence-corrected chi connectivity index (χ4v) is 4.50. The van der Waals surface area contributed by atoms with Gasteiger partial charge in [-0.3, -0.25) is 4.90 Å². The van der Waals surface area contributed by atoms with E-state index in [1.54, 1.807) is 19.1 Å². The molecule has 1 amide bonds. The van der Waals surface area contributed by atoms with Crippen LogP contribution in [0.2, 0.25) is 0 Å². The number of nitrogen functional groups attached to an aromatic ring is 1. The Bertz CT molecular complexity index is 1300. The zero-order valence-corrected chi connectivity index (χ0v) is 18.5. The number of pyridine rings is 2. The van der Waals surface area contributed by atoms with Crippen LogP contribution in [0.15, 0.2) is 24.5 Å². The van der Waals surface area contributed by atoms with Crippen molar-refractivity contribution in [3.05, 3.63) is 35.9 Å². The third kappa shape index (κ3) is 3.52. The molecule has 3 atom stereocenters. The highest BCUT2D eigenvalue weighted by molar-refractivity contribution is 5.99. The molecular weight excluding hydrogens is 448 g/mol. The molecule has 0 saturated carbocycles. The van der Waals surface area contributed by atoms with Gasteiger partial charge in [0, 0.05) is 34.8 Å². The second kappa shape index (κ2) is 8.24. The van der Waals surface area contributed by atoms with Crippen molar-refractivity contribution >= 4 is 34.1 Å². The van der Waals surface area contributed by atoms with Gasteiger partial charge in [0.15, 0.2) is 5.82 Å². The molecule has 1 saturated heterocycles. The summed E-state index contributed by atoms with van der Waals surface area (Å²) < 4.78 is 39.5. The number of carboxylic acid groups (broad SMARTS) is 1. The van der Waals surface area contributed by atoms with E-state index >= 15 is 4.39 Å². The van der Waals surface area contributed by atoms with Gasteiger partial charge in [-0.15, -0.1) is 0 Å². The quantitative estimate of drug-likeness (QED) is 0.491. The molecule has 0 bridgehead atoms. The summed E-state index contributed by atoms with van der Waals surface area (Å²) >= 11 is 0. The number of amides is 1.